The molecule has 0 aliphatic heterocycles. The summed E-state index contributed by atoms with van der Waals surface area (Å²) in [6.45, 7) is -0.536. The first kappa shape index (κ1) is 17.1. The minimum atomic E-state index is -0.842. The Kier molecular flexibility index (Phi) is 4.61. The first-order chi connectivity index (χ1) is 12.5. The molecule has 26 heavy (non-hydrogen) atoms. The van der Waals surface area contributed by atoms with Gasteiger partial charge < -0.3 is 29.9 Å². The molecule has 0 spiro atoms. The molecule has 0 unspecified atom stereocenters. The van der Waals surface area contributed by atoms with Crippen LogP contribution in [0.15, 0.2) is 41.2 Å². The fourth-order valence-electron chi connectivity index (χ4n) is 2.33. The average Bonchev–Trinajstić information content (AvgIpc) is 2.98. The fraction of sp³-hybridized carbons (Fsp3) is 0.118. The highest BCUT2D eigenvalue weighted by molar-refractivity contribution is 5.97. The van der Waals surface area contributed by atoms with Crippen molar-refractivity contribution in [3.05, 3.63) is 52.4 Å². The number of imidazole rings is 1. The lowest BCUT2D eigenvalue weighted by Crippen LogP contribution is -2.21. The number of benzene rings is 2. The van der Waals surface area contributed by atoms with Crippen LogP contribution >= 0.6 is 0 Å². The van der Waals surface area contributed by atoms with E-state index in [1.165, 1.54) is 25.3 Å². The molecule has 3 rings (SSSR count). The van der Waals surface area contributed by atoms with Crippen LogP contribution in [-0.4, -0.2) is 40.7 Å². The number of hydrogen-bond donors (Lipinski definition) is 4. The molecule has 1 heterocycles. The zero-order chi connectivity index (χ0) is 18.7. The van der Waals surface area contributed by atoms with Crippen LogP contribution in [0.3, 0.4) is 0 Å². The molecule has 0 fully saturated rings. The highest BCUT2D eigenvalue weighted by Gasteiger charge is 2.15. The lowest BCUT2D eigenvalue weighted by Gasteiger charge is -2.08. The SMILES string of the molecule is COc1ccc(C(=O)OCC(=O)Nc2ccc3[nH]c(=O)[nH]c3c2)c(O)c1. The molecule has 0 aliphatic rings. The Labute approximate surface area is 146 Å². The summed E-state index contributed by atoms with van der Waals surface area (Å²) in [5.41, 5.74) is 1.14. The van der Waals surface area contributed by atoms with Crippen molar-refractivity contribution < 1.29 is 24.2 Å². The van der Waals surface area contributed by atoms with Crippen LogP contribution in [0, 0.1) is 0 Å². The molecule has 9 nitrogen and oxygen atoms in total. The second kappa shape index (κ2) is 7.01. The Balaban J connectivity index is 1.60. The van der Waals surface area contributed by atoms with Gasteiger partial charge in [0.25, 0.3) is 5.91 Å². The number of hydrogen-bond acceptors (Lipinski definition) is 6. The zero-order valence-corrected chi connectivity index (χ0v) is 13.7. The molecular weight excluding hydrogens is 342 g/mol. The van der Waals surface area contributed by atoms with Crippen molar-refractivity contribution in [1.82, 2.24) is 9.97 Å². The Bertz CT molecular complexity index is 1040. The van der Waals surface area contributed by atoms with Gasteiger partial charge in [0.15, 0.2) is 6.61 Å². The summed E-state index contributed by atoms with van der Waals surface area (Å²) in [4.78, 5) is 40.3. The number of ether oxygens (including phenoxy) is 2. The first-order valence-electron chi connectivity index (χ1n) is 7.52. The van der Waals surface area contributed by atoms with Crippen molar-refractivity contribution in [3.63, 3.8) is 0 Å². The van der Waals surface area contributed by atoms with E-state index in [4.69, 9.17) is 9.47 Å². The van der Waals surface area contributed by atoms with Gasteiger partial charge in [-0.25, -0.2) is 9.59 Å². The maximum absolute atomic E-state index is 12.0. The molecule has 0 saturated carbocycles. The largest absolute Gasteiger partial charge is 0.507 e. The number of phenols is 1. The predicted molar refractivity (Wildman–Crippen MR) is 92.5 cm³/mol. The van der Waals surface area contributed by atoms with Gasteiger partial charge >= 0.3 is 11.7 Å². The number of rotatable bonds is 5. The van der Waals surface area contributed by atoms with E-state index in [1.807, 2.05) is 0 Å². The third-order valence-corrected chi connectivity index (χ3v) is 3.56. The summed E-state index contributed by atoms with van der Waals surface area (Å²) in [6.07, 6.45) is 0. The van der Waals surface area contributed by atoms with Gasteiger partial charge in [-0.3, -0.25) is 4.79 Å². The maximum atomic E-state index is 12.0. The molecule has 0 radical (unpaired) electrons. The van der Waals surface area contributed by atoms with Crippen LogP contribution in [0.25, 0.3) is 11.0 Å². The first-order valence-corrected chi connectivity index (χ1v) is 7.52. The van der Waals surface area contributed by atoms with Crippen molar-refractivity contribution in [3.8, 4) is 11.5 Å². The van der Waals surface area contributed by atoms with Gasteiger partial charge in [-0.05, 0) is 30.3 Å². The predicted octanol–water partition coefficient (Wildman–Crippen LogP) is 1.37. The second-order valence-electron chi connectivity index (χ2n) is 5.35. The lowest BCUT2D eigenvalue weighted by atomic mass is 10.2. The summed E-state index contributed by atoms with van der Waals surface area (Å²) in [5, 5.41) is 12.3. The van der Waals surface area contributed by atoms with Crippen molar-refractivity contribution >= 4 is 28.6 Å². The Morgan fingerprint density at radius 2 is 1.88 bits per heavy atom. The normalized spacial score (nSPS) is 10.5. The van der Waals surface area contributed by atoms with Crippen LogP contribution in [0.2, 0.25) is 0 Å². The van der Waals surface area contributed by atoms with Gasteiger partial charge in [0.1, 0.15) is 17.1 Å². The molecule has 134 valence electrons. The molecular formula is C17H15N3O6. The minimum absolute atomic E-state index is 0.0788. The van der Waals surface area contributed by atoms with Crippen LogP contribution in [0.4, 0.5) is 5.69 Å². The van der Waals surface area contributed by atoms with E-state index < -0.39 is 18.5 Å². The van der Waals surface area contributed by atoms with Gasteiger partial charge in [0.05, 0.1) is 18.1 Å². The number of aromatic amines is 2. The molecule has 4 N–H and O–H groups in total. The summed E-state index contributed by atoms with van der Waals surface area (Å²) in [6, 6.07) is 8.89. The number of methoxy groups -OCH3 is 1. The summed E-state index contributed by atoms with van der Waals surface area (Å²) in [7, 11) is 1.43. The Morgan fingerprint density at radius 1 is 1.12 bits per heavy atom. The number of amides is 1. The van der Waals surface area contributed by atoms with Crippen molar-refractivity contribution in [2.24, 2.45) is 0 Å². The molecule has 0 aliphatic carbocycles. The number of aromatic nitrogens is 2. The molecule has 0 saturated heterocycles. The summed E-state index contributed by atoms with van der Waals surface area (Å²) in [5.74, 6) is -1.33. The topological polar surface area (TPSA) is 134 Å². The number of anilines is 1. The van der Waals surface area contributed by atoms with Crippen molar-refractivity contribution in [2.75, 3.05) is 19.0 Å². The molecule has 0 atom stereocenters. The quantitative estimate of drug-likeness (QED) is 0.510. The van der Waals surface area contributed by atoms with E-state index in [1.54, 1.807) is 18.2 Å². The Morgan fingerprint density at radius 3 is 2.62 bits per heavy atom. The van der Waals surface area contributed by atoms with Crippen molar-refractivity contribution in [2.45, 2.75) is 0 Å². The van der Waals surface area contributed by atoms with E-state index in [-0.39, 0.29) is 17.0 Å². The summed E-state index contributed by atoms with van der Waals surface area (Å²) < 4.78 is 9.82. The lowest BCUT2D eigenvalue weighted by molar-refractivity contribution is -0.119. The van der Waals surface area contributed by atoms with E-state index in [9.17, 15) is 19.5 Å². The molecule has 0 bridgehead atoms. The number of H-pyrrole nitrogens is 2. The van der Waals surface area contributed by atoms with E-state index in [0.29, 0.717) is 22.5 Å². The van der Waals surface area contributed by atoms with E-state index in [0.717, 1.165) is 0 Å². The average molecular weight is 357 g/mol. The second-order valence-corrected chi connectivity index (χ2v) is 5.35. The third kappa shape index (κ3) is 3.66. The molecule has 2 aromatic carbocycles. The number of aromatic hydroxyl groups is 1. The van der Waals surface area contributed by atoms with Gasteiger partial charge in [-0.1, -0.05) is 0 Å². The van der Waals surface area contributed by atoms with Crippen LogP contribution in [0.5, 0.6) is 11.5 Å². The highest BCUT2D eigenvalue weighted by Crippen LogP contribution is 2.24. The number of carbonyl (C=O) groups excluding carboxylic acids is 2. The standard InChI is InChI=1S/C17H15N3O6/c1-25-10-3-4-11(14(21)7-10)16(23)26-8-15(22)18-9-2-5-12-13(6-9)20-17(24)19-12/h2-7,21H,8H2,1H3,(H,18,22)(H2,19,20,24). The van der Waals surface area contributed by atoms with Crippen molar-refractivity contribution in [1.29, 1.82) is 0 Å². The zero-order valence-electron chi connectivity index (χ0n) is 13.7. The number of phenolic OH excluding ortho intramolecular Hbond substituents is 1. The van der Waals surface area contributed by atoms with Gasteiger partial charge in [-0.2, -0.15) is 0 Å². The van der Waals surface area contributed by atoms with E-state index >= 15 is 0 Å². The van der Waals surface area contributed by atoms with Gasteiger partial charge in [0, 0.05) is 11.8 Å². The monoisotopic (exact) mass is 357 g/mol. The minimum Gasteiger partial charge on any atom is -0.507 e. The summed E-state index contributed by atoms with van der Waals surface area (Å²) >= 11 is 0. The van der Waals surface area contributed by atoms with Crippen LogP contribution < -0.4 is 15.7 Å². The smallest absolute Gasteiger partial charge is 0.342 e. The van der Waals surface area contributed by atoms with E-state index in [2.05, 4.69) is 15.3 Å². The maximum Gasteiger partial charge on any atom is 0.342 e. The number of esters is 1. The molecule has 1 amide bonds. The number of carbonyl (C=O) groups is 2. The van der Waals surface area contributed by atoms with Gasteiger partial charge in [-0.15, -0.1) is 0 Å². The molecule has 3 aromatic rings. The Hall–Kier alpha value is -3.75. The molecule has 9 heteroatoms. The molecule has 1 aromatic heterocycles. The van der Waals surface area contributed by atoms with Crippen LogP contribution in [0.1, 0.15) is 10.4 Å². The number of nitrogens with one attached hydrogen (secondary N) is 3. The fourth-order valence-corrected chi connectivity index (χ4v) is 2.33. The highest BCUT2D eigenvalue weighted by atomic mass is 16.5. The van der Waals surface area contributed by atoms with Crippen LogP contribution in [-0.2, 0) is 9.53 Å². The van der Waals surface area contributed by atoms with Gasteiger partial charge in [0.2, 0.25) is 0 Å². The number of fused-ring (bicyclic) bond motifs is 1. The third-order valence-electron chi connectivity index (χ3n) is 3.56.